The van der Waals surface area contributed by atoms with Crippen molar-refractivity contribution in [3.05, 3.63) is 0 Å². The number of nitrogens with zero attached hydrogens (tertiary/aromatic N) is 1. The maximum atomic E-state index is 14.8. The van der Waals surface area contributed by atoms with Crippen LogP contribution in [0.25, 0.3) is 0 Å². The maximum absolute atomic E-state index is 14.8. The summed E-state index contributed by atoms with van der Waals surface area (Å²) in [6, 6.07) is 0. The zero-order valence-corrected chi connectivity index (χ0v) is 14.8. The summed E-state index contributed by atoms with van der Waals surface area (Å²) in [5.74, 6) is -39.2. The second-order valence-corrected chi connectivity index (χ2v) is 6.53. The molecule has 1 aliphatic rings. The van der Waals surface area contributed by atoms with Crippen LogP contribution in [-0.4, -0.2) is 59.2 Å². The molecule has 0 spiro atoms. The molecular formula is C15H18F11NO. The van der Waals surface area contributed by atoms with Gasteiger partial charge in [-0.1, -0.05) is 26.7 Å². The highest BCUT2D eigenvalue weighted by molar-refractivity contribution is 5.89. The van der Waals surface area contributed by atoms with Crippen LogP contribution in [0.1, 0.15) is 39.5 Å². The van der Waals surface area contributed by atoms with Crippen LogP contribution < -0.4 is 0 Å². The molecule has 0 bridgehead atoms. The van der Waals surface area contributed by atoms with Gasteiger partial charge in [-0.15, -0.1) is 0 Å². The lowest BCUT2D eigenvalue weighted by Crippen LogP contribution is -2.86. The third kappa shape index (κ3) is 2.78. The molecule has 0 aromatic carbocycles. The predicted molar refractivity (Wildman–Crippen MR) is 75.0 cm³/mol. The first-order chi connectivity index (χ1) is 12.4. The van der Waals surface area contributed by atoms with E-state index in [4.69, 9.17) is 0 Å². The Labute approximate surface area is 153 Å². The molecule has 0 aliphatic heterocycles. The summed E-state index contributed by atoms with van der Waals surface area (Å²) in [6.07, 6.45) is 0.246. The van der Waals surface area contributed by atoms with Crippen molar-refractivity contribution in [1.29, 1.82) is 0 Å². The van der Waals surface area contributed by atoms with Crippen molar-refractivity contribution in [3.8, 4) is 0 Å². The molecule has 0 aromatic heterocycles. The van der Waals surface area contributed by atoms with Crippen molar-refractivity contribution in [1.82, 2.24) is 4.90 Å². The highest BCUT2D eigenvalue weighted by atomic mass is 19.4. The first-order valence-corrected chi connectivity index (χ1v) is 8.30. The molecule has 0 saturated heterocycles. The average molecular weight is 437 g/mol. The van der Waals surface area contributed by atoms with Crippen molar-refractivity contribution < 1.29 is 53.1 Å². The van der Waals surface area contributed by atoms with Gasteiger partial charge in [0.15, 0.2) is 0 Å². The summed E-state index contributed by atoms with van der Waals surface area (Å²) in [6.45, 7) is 1.59. The van der Waals surface area contributed by atoms with Crippen molar-refractivity contribution in [3.63, 3.8) is 0 Å². The fourth-order valence-corrected chi connectivity index (χ4v) is 2.72. The van der Waals surface area contributed by atoms with Crippen molar-refractivity contribution in [2.24, 2.45) is 0 Å². The summed E-state index contributed by atoms with van der Waals surface area (Å²) < 4.78 is 151. The molecule has 1 amide bonds. The average Bonchev–Trinajstić information content (AvgIpc) is 2.58. The lowest BCUT2D eigenvalue weighted by Gasteiger charge is -2.52. The van der Waals surface area contributed by atoms with E-state index in [0.717, 1.165) is 0 Å². The maximum Gasteiger partial charge on any atom is 0.384 e. The van der Waals surface area contributed by atoms with Crippen molar-refractivity contribution >= 4 is 5.91 Å². The van der Waals surface area contributed by atoms with Gasteiger partial charge in [-0.05, 0) is 12.8 Å². The second kappa shape index (κ2) is 7.19. The van der Waals surface area contributed by atoms with Crippen LogP contribution in [0.4, 0.5) is 48.3 Å². The molecular weight excluding hydrogens is 419 g/mol. The van der Waals surface area contributed by atoms with E-state index in [2.05, 4.69) is 0 Å². The first kappa shape index (κ1) is 24.7. The molecule has 166 valence electrons. The fraction of sp³-hybridized carbons (Fsp3) is 0.933. The summed E-state index contributed by atoms with van der Waals surface area (Å²) in [5, 5.41) is 0. The molecule has 2 nitrogen and oxygen atoms in total. The minimum absolute atomic E-state index is 0.0373. The normalized spacial score (nSPS) is 25.9. The summed E-state index contributed by atoms with van der Waals surface area (Å²) in [5.41, 5.74) is -6.59. The van der Waals surface area contributed by atoms with Gasteiger partial charge < -0.3 is 4.90 Å². The molecule has 0 radical (unpaired) electrons. The van der Waals surface area contributed by atoms with Crippen molar-refractivity contribution in [2.75, 3.05) is 13.1 Å². The molecule has 1 saturated carbocycles. The standard InChI is InChI=1S/C15H18F11NO/c1-3-5-7-27(8-6-4-2)9(28)10(16)11(17,18)13(21,22)15(25,26)14(23,24)12(10,19)20/h3-8H2,1-2H3. The van der Waals surface area contributed by atoms with Gasteiger partial charge in [-0.3, -0.25) is 4.79 Å². The van der Waals surface area contributed by atoms with E-state index in [0.29, 0.717) is 0 Å². The Morgan fingerprint density at radius 1 is 0.607 bits per heavy atom. The smallest absolute Gasteiger partial charge is 0.339 e. The number of rotatable bonds is 7. The number of halogens is 11. The van der Waals surface area contributed by atoms with E-state index < -0.39 is 54.3 Å². The van der Waals surface area contributed by atoms with Gasteiger partial charge in [0.1, 0.15) is 0 Å². The number of alkyl halides is 11. The van der Waals surface area contributed by atoms with Gasteiger partial charge in [-0.25, -0.2) is 4.39 Å². The van der Waals surface area contributed by atoms with E-state index in [1.807, 2.05) is 0 Å². The number of hydrogen-bond acceptors (Lipinski definition) is 1. The SMILES string of the molecule is CCCCN(CCCC)C(=O)C1(F)C(F)(F)C(F)(F)C(F)(F)C(F)(F)C1(F)F. The summed E-state index contributed by atoms with van der Waals surface area (Å²) >= 11 is 0. The van der Waals surface area contributed by atoms with Crippen LogP contribution >= 0.6 is 0 Å². The zero-order chi connectivity index (χ0) is 22.4. The van der Waals surface area contributed by atoms with Crippen LogP contribution in [0.3, 0.4) is 0 Å². The lowest BCUT2D eigenvalue weighted by molar-refractivity contribution is -0.477. The number of carbonyl (C=O) groups excluding carboxylic acids is 1. The van der Waals surface area contributed by atoms with Crippen molar-refractivity contribution in [2.45, 2.75) is 74.8 Å². The number of amides is 1. The third-order valence-electron chi connectivity index (χ3n) is 4.59. The Morgan fingerprint density at radius 3 is 1.18 bits per heavy atom. The Balaban J connectivity index is 3.68. The van der Waals surface area contributed by atoms with Gasteiger partial charge in [0, 0.05) is 13.1 Å². The van der Waals surface area contributed by atoms with Gasteiger partial charge in [0.05, 0.1) is 0 Å². The molecule has 0 heterocycles. The minimum Gasteiger partial charge on any atom is -0.339 e. The third-order valence-corrected chi connectivity index (χ3v) is 4.59. The Hall–Kier alpha value is -1.30. The fourth-order valence-electron chi connectivity index (χ4n) is 2.72. The van der Waals surface area contributed by atoms with E-state index >= 15 is 0 Å². The van der Waals surface area contributed by atoms with Crippen LogP contribution in [0.5, 0.6) is 0 Å². The predicted octanol–water partition coefficient (Wildman–Crippen LogP) is 5.31. The van der Waals surface area contributed by atoms with E-state index in [1.165, 1.54) is 13.8 Å². The summed E-state index contributed by atoms with van der Waals surface area (Å²) in [7, 11) is 0. The molecule has 0 atom stereocenters. The van der Waals surface area contributed by atoms with E-state index in [-0.39, 0.29) is 30.6 Å². The van der Waals surface area contributed by atoms with Gasteiger partial charge >= 0.3 is 35.3 Å². The molecule has 1 rings (SSSR count). The lowest BCUT2D eigenvalue weighted by atomic mass is 9.71. The number of hydrogen-bond donors (Lipinski definition) is 0. The molecule has 0 N–H and O–H groups in total. The van der Waals surface area contributed by atoms with Crippen LogP contribution in [0.2, 0.25) is 0 Å². The molecule has 1 fully saturated rings. The van der Waals surface area contributed by atoms with Gasteiger partial charge in [0.2, 0.25) is 0 Å². The molecule has 1 aliphatic carbocycles. The molecule has 0 aromatic rings. The second-order valence-electron chi connectivity index (χ2n) is 6.53. The van der Waals surface area contributed by atoms with Crippen LogP contribution in [0.15, 0.2) is 0 Å². The highest BCUT2D eigenvalue weighted by Crippen LogP contribution is 2.69. The Morgan fingerprint density at radius 2 is 0.893 bits per heavy atom. The van der Waals surface area contributed by atoms with E-state index in [1.54, 1.807) is 0 Å². The quantitative estimate of drug-likeness (QED) is 0.495. The van der Waals surface area contributed by atoms with Crippen LogP contribution in [-0.2, 0) is 4.79 Å². The first-order valence-electron chi connectivity index (χ1n) is 8.30. The van der Waals surface area contributed by atoms with E-state index in [9.17, 15) is 53.1 Å². The van der Waals surface area contributed by atoms with Crippen LogP contribution in [0, 0.1) is 0 Å². The summed E-state index contributed by atoms with van der Waals surface area (Å²) in [4.78, 5) is 12.1. The topological polar surface area (TPSA) is 20.3 Å². The largest absolute Gasteiger partial charge is 0.384 e. The van der Waals surface area contributed by atoms with Gasteiger partial charge in [0.25, 0.3) is 5.91 Å². The Kier molecular flexibility index (Phi) is 6.35. The van der Waals surface area contributed by atoms with Gasteiger partial charge in [-0.2, -0.15) is 43.9 Å². The Bertz CT molecular complexity index is 553. The minimum atomic E-state index is -7.32. The number of unbranched alkanes of at least 4 members (excludes halogenated alkanes) is 2. The highest BCUT2D eigenvalue weighted by Gasteiger charge is 3.03. The number of carbonyl (C=O) groups is 1. The monoisotopic (exact) mass is 437 g/mol. The molecule has 13 heteroatoms. The molecule has 28 heavy (non-hydrogen) atoms. The zero-order valence-electron chi connectivity index (χ0n) is 14.8. The molecule has 0 unspecified atom stereocenters.